The molecular formula is C22H30ClFN6O3S. The summed E-state index contributed by atoms with van der Waals surface area (Å²) in [5.74, 6) is 0.679. The summed E-state index contributed by atoms with van der Waals surface area (Å²) < 4.78 is 47.0. The van der Waals surface area contributed by atoms with Gasteiger partial charge in [0.25, 0.3) is 0 Å². The van der Waals surface area contributed by atoms with Gasteiger partial charge in [0.05, 0.1) is 30.4 Å². The fourth-order valence-corrected chi connectivity index (χ4v) is 5.41. The number of hydrogen-bond acceptors (Lipinski definition) is 8. The van der Waals surface area contributed by atoms with E-state index in [2.05, 4.69) is 30.2 Å². The molecule has 186 valence electrons. The molecule has 0 amide bonds. The van der Waals surface area contributed by atoms with Gasteiger partial charge in [0.1, 0.15) is 16.6 Å². The molecule has 2 aliphatic rings. The molecule has 1 aromatic heterocycles. The number of ether oxygens (including phenoxy) is 1. The highest BCUT2D eigenvalue weighted by Gasteiger charge is 2.28. The van der Waals surface area contributed by atoms with E-state index < -0.39 is 15.8 Å². The predicted octanol–water partition coefficient (Wildman–Crippen LogP) is 3.89. The van der Waals surface area contributed by atoms with Gasteiger partial charge in [0, 0.05) is 37.3 Å². The first-order chi connectivity index (χ1) is 16.2. The van der Waals surface area contributed by atoms with Crippen molar-refractivity contribution in [2.45, 2.75) is 51.1 Å². The number of aromatic nitrogens is 2. The highest BCUT2D eigenvalue weighted by molar-refractivity contribution is 7.88. The molecule has 0 radical (unpaired) electrons. The van der Waals surface area contributed by atoms with Crippen molar-refractivity contribution in [1.82, 2.24) is 14.7 Å². The van der Waals surface area contributed by atoms with E-state index in [1.165, 1.54) is 12.3 Å². The average Bonchev–Trinajstić information content (AvgIpc) is 2.98. The van der Waals surface area contributed by atoms with Crippen LogP contribution < -0.4 is 25.0 Å². The summed E-state index contributed by atoms with van der Waals surface area (Å²) in [6.07, 6.45) is 6.81. The number of sulfonamides is 1. The first-order valence-electron chi connectivity index (χ1n) is 11.5. The number of nitrogens with zero attached hydrogens (tertiary/aromatic N) is 3. The lowest BCUT2D eigenvalue weighted by atomic mass is 9.91. The maximum absolute atomic E-state index is 15.0. The topological polar surface area (TPSA) is 108 Å². The zero-order chi connectivity index (χ0) is 24.3. The number of nitrogens with one attached hydrogen (secondary N) is 3. The van der Waals surface area contributed by atoms with Crippen LogP contribution in [0.3, 0.4) is 0 Å². The zero-order valence-corrected chi connectivity index (χ0v) is 20.8. The Morgan fingerprint density at radius 2 is 2.00 bits per heavy atom. The molecule has 0 unspecified atom stereocenters. The van der Waals surface area contributed by atoms with Gasteiger partial charge in [-0.05, 0) is 26.2 Å². The summed E-state index contributed by atoms with van der Waals surface area (Å²) in [4.78, 5) is 10.7. The smallest absolute Gasteiger partial charge is 0.229 e. The Morgan fingerprint density at radius 3 is 2.74 bits per heavy atom. The second-order valence-corrected chi connectivity index (χ2v) is 10.8. The lowest BCUT2D eigenvalue weighted by Gasteiger charge is -2.32. The Labute approximate surface area is 204 Å². The molecule has 0 bridgehead atoms. The monoisotopic (exact) mass is 512 g/mol. The number of hydrogen-bond donors (Lipinski definition) is 3. The standard InChI is InChI=1S/C22H30ClFN6O3S/c1-3-30-9-6-10-33-20-12-18(15(24)11-19(20)30)27-22-25-13-14(23)21(28-22)26-16-7-4-5-8-17(16)29-34(2,31)32/h11-13,16-17,29H,3-10H2,1-2H3,(H2,25,26,27,28)/t16-,17-/m1/s1. The third-order valence-electron chi connectivity index (χ3n) is 6.05. The van der Waals surface area contributed by atoms with Crippen LogP contribution in [0.4, 0.5) is 27.5 Å². The zero-order valence-electron chi connectivity index (χ0n) is 19.3. The summed E-state index contributed by atoms with van der Waals surface area (Å²) in [6, 6.07) is 2.63. The number of anilines is 4. The largest absolute Gasteiger partial charge is 0.491 e. The predicted molar refractivity (Wildman–Crippen MR) is 132 cm³/mol. The van der Waals surface area contributed by atoms with E-state index in [9.17, 15) is 12.8 Å². The molecule has 3 N–H and O–H groups in total. The van der Waals surface area contributed by atoms with Crippen LogP contribution in [-0.2, 0) is 10.0 Å². The van der Waals surface area contributed by atoms with Crippen LogP contribution in [0.15, 0.2) is 18.3 Å². The minimum atomic E-state index is -3.35. The molecule has 1 aliphatic heterocycles. The third kappa shape index (κ3) is 6.00. The van der Waals surface area contributed by atoms with Crippen LogP contribution >= 0.6 is 11.6 Å². The van der Waals surface area contributed by atoms with Gasteiger partial charge < -0.3 is 20.3 Å². The molecule has 12 heteroatoms. The molecule has 0 saturated heterocycles. The third-order valence-corrected chi connectivity index (χ3v) is 7.05. The average molecular weight is 513 g/mol. The first-order valence-corrected chi connectivity index (χ1v) is 13.7. The van der Waals surface area contributed by atoms with Crippen LogP contribution in [0.5, 0.6) is 5.75 Å². The van der Waals surface area contributed by atoms with Gasteiger partial charge in [0.2, 0.25) is 16.0 Å². The minimum Gasteiger partial charge on any atom is -0.491 e. The quantitative estimate of drug-likeness (QED) is 0.512. The molecule has 4 rings (SSSR count). The summed E-state index contributed by atoms with van der Waals surface area (Å²) in [5, 5.41) is 6.47. The van der Waals surface area contributed by atoms with Gasteiger partial charge >= 0.3 is 0 Å². The van der Waals surface area contributed by atoms with E-state index in [4.69, 9.17) is 16.3 Å². The number of rotatable bonds is 7. The molecule has 1 aromatic carbocycles. The number of benzene rings is 1. The van der Waals surface area contributed by atoms with Crippen molar-refractivity contribution in [1.29, 1.82) is 0 Å². The molecule has 0 spiro atoms. The van der Waals surface area contributed by atoms with Gasteiger partial charge in [-0.25, -0.2) is 22.5 Å². The molecule has 1 fully saturated rings. The summed E-state index contributed by atoms with van der Waals surface area (Å²) >= 11 is 6.32. The van der Waals surface area contributed by atoms with Crippen LogP contribution in [-0.4, -0.2) is 56.4 Å². The van der Waals surface area contributed by atoms with Crippen LogP contribution in [0.2, 0.25) is 5.02 Å². The van der Waals surface area contributed by atoms with E-state index in [-0.39, 0.29) is 23.7 Å². The Balaban J connectivity index is 1.55. The summed E-state index contributed by atoms with van der Waals surface area (Å²) in [6.45, 7) is 4.15. The van der Waals surface area contributed by atoms with Crippen LogP contribution in [0.1, 0.15) is 39.0 Å². The van der Waals surface area contributed by atoms with Crippen molar-refractivity contribution in [2.75, 3.05) is 41.5 Å². The maximum Gasteiger partial charge on any atom is 0.229 e. The van der Waals surface area contributed by atoms with Gasteiger partial charge in [-0.15, -0.1) is 0 Å². The Morgan fingerprint density at radius 1 is 1.24 bits per heavy atom. The van der Waals surface area contributed by atoms with E-state index >= 15 is 0 Å². The lowest BCUT2D eigenvalue weighted by molar-refractivity contribution is 0.322. The fraction of sp³-hybridized carbons (Fsp3) is 0.545. The van der Waals surface area contributed by atoms with Gasteiger partial charge in [0.15, 0.2) is 5.82 Å². The molecule has 34 heavy (non-hydrogen) atoms. The van der Waals surface area contributed by atoms with E-state index in [0.717, 1.165) is 50.7 Å². The highest BCUT2D eigenvalue weighted by Crippen LogP contribution is 2.36. The number of fused-ring (bicyclic) bond motifs is 1. The van der Waals surface area contributed by atoms with Crippen molar-refractivity contribution in [2.24, 2.45) is 0 Å². The SMILES string of the molecule is CCN1CCCOc2cc(Nc3ncc(Cl)c(N[C@@H]4CCCC[C@H]4NS(C)(=O)=O)n3)c(F)cc21. The van der Waals surface area contributed by atoms with Crippen molar-refractivity contribution in [3.63, 3.8) is 0 Å². The van der Waals surface area contributed by atoms with Crippen LogP contribution in [0.25, 0.3) is 0 Å². The van der Waals surface area contributed by atoms with Crippen molar-refractivity contribution in [3.05, 3.63) is 29.2 Å². The molecule has 2 aromatic rings. The maximum atomic E-state index is 15.0. The van der Waals surface area contributed by atoms with Gasteiger partial charge in [-0.1, -0.05) is 24.4 Å². The van der Waals surface area contributed by atoms with E-state index in [0.29, 0.717) is 29.6 Å². The van der Waals surface area contributed by atoms with Gasteiger partial charge in [-0.3, -0.25) is 0 Å². The van der Waals surface area contributed by atoms with Crippen molar-refractivity contribution >= 4 is 44.8 Å². The molecule has 9 nitrogen and oxygen atoms in total. The normalized spacial score (nSPS) is 20.8. The van der Waals surface area contributed by atoms with Crippen molar-refractivity contribution < 1.29 is 17.5 Å². The van der Waals surface area contributed by atoms with E-state index in [1.54, 1.807) is 6.07 Å². The Bertz CT molecular complexity index is 1140. The van der Waals surface area contributed by atoms with Gasteiger partial charge in [-0.2, -0.15) is 4.98 Å². The molecule has 2 heterocycles. The fourth-order valence-electron chi connectivity index (χ4n) is 4.43. The van der Waals surface area contributed by atoms with Crippen LogP contribution in [0, 0.1) is 5.82 Å². The summed E-state index contributed by atoms with van der Waals surface area (Å²) in [5.41, 5.74) is 0.920. The molecule has 1 aliphatic carbocycles. The summed E-state index contributed by atoms with van der Waals surface area (Å²) in [7, 11) is -3.35. The lowest BCUT2D eigenvalue weighted by Crippen LogP contribution is -2.48. The second kappa shape index (κ2) is 10.5. The Hall–Kier alpha value is -2.37. The molecule has 2 atom stereocenters. The molecular weight excluding hydrogens is 483 g/mol. The van der Waals surface area contributed by atoms with Crippen molar-refractivity contribution in [3.8, 4) is 5.75 Å². The minimum absolute atomic E-state index is 0.162. The second-order valence-electron chi connectivity index (χ2n) is 8.63. The van der Waals surface area contributed by atoms with E-state index in [1.807, 2.05) is 6.92 Å². The Kier molecular flexibility index (Phi) is 7.63. The first kappa shape index (κ1) is 24.7. The highest BCUT2D eigenvalue weighted by atomic mass is 35.5. The molecule has 1 saturated carbocycles. The number of halogens is 2.